The largest absolute Gasteiger partial charge is 0.341 e. The fraction of sp³-hybridized carbons (Fsp3) is 0.588. The number of hydrogen-bond donors (Lipinski definition) is 0. The number of carbonyl (C=O) groups is 1. The molecule has 1 amide bonds. The van der Waals surface area contributed by atoms with E-state index in [4.69, 9.17) is 11.6 Å². The summed E-state index contributed by atoms with van der Waals surface area (Å²) in [4.78, 5) is 14.2. The molecule has 0 aliphatic heterocycles. The summed E-state index contributed by atoms with van der Waals surface area (Å²) in [5.74, 6) is 2.66. The molecule has 3 atom stereocenters. The van der Waals surface area contributed by atoms with Crippen molar-refractivity contribution in [3.8, 4) is 0 Å². The molecule has 0 radical (unpaired) electrons. The molecule has 0 spiro atoms. The average molecular weight is 292 g/mol. The third-order valence-corrected chi connectivity index (χ3v) is 5.29. The van der Waals surface area contributed by atoms with Crippen LogP contribution in [-0.4, -0.2) is 17.9 Å². The zero-order chi connectivity index (χ0) is 14.1. The van der Waals surface area contributed by atoms with Crippen LogP contribution in [0.2, 0.25) is 5.02 Å². The molecule has 3 unspecified atom stereocenters. The van der Waals surface area contributed by atoms with Crippen molar-refractivity contribution < 1.29 is 4.79 Å². The SMILES string of the molecule is CN(Cc1cccc(Cl)c1)C(=O)CC1CC2CCC1C2. The molecule has 3 rings (SSSR count). The predicted molar refractivity (Wildman–Crippen MR) is 81.5 cm³/mol. The van der Waals surface area contributed by atoms with Gasteiger partial charge in [0.1, 0.15) is 0 Å². The highest BCUT2D eigenvalue weighted by atomic mass is 35.5. The van der Waals surface area contributed by atoms with Crippen molar-refractivity contribution in [3.05, 3.63) is 34.9 Å². The Morgan fingerprint density at radius 3 is 2.85 bits per heavy atom. The van der Waals surface area contributed by atoms with Crippen molar-refractivity contribution in [2.45, 2.75) is 38.6 Å². The molecule has 2 bridgehead atoms. The molecule has 2 nitrogen and oxygen atoms in total. The number of hydrogen-bond acceptors (Lipinski definition) is 1. The summed E-state index contributed by atoms with van der Waals surface area (Å²) in [6, 6.07) is 7.75. The highest BCUT2D eigenvalue weighted by Gasteiger charge is 2.40. The molecule has 3 heteroatoms. The highest BCUT2D eigenvalue weighted by molar-refractivity contribution is 6.30. The monoisotopic (exact) mass is 291 g/mol. The van der Waals surface area contributed by atoms with Gasteiger partial charge < -0.3 is 4.90 Å². The van der Waals surface area contributed by atoms with Crippen molar-refractivity contribution in [1.29, 1.82) is 0 Å². The third kappa shape index (κ3) is 3.01. The molecule has 108 valence electrons. The number of benzene rings is 1. The third-order valence-electron chi connectivity index (χ3n) is 5.06. The first-order valence-corrected chi connectivity index (χ1v) is 7.98. The van der Waals surface area contributed by atoms with Gasteiger partial charge in [0.15, 0.2) is 0 Å². The van der Waals surface area contributed by atoms with E-state index in [1.54, 1.807) is 0 Å². The lowest BCUT2D eigenvalue weighted by Crippen LogP contribution is -2.29. The number of amides is 1. The standard InChI is InChI=1S/C17H22ClNO/c1-19(11-13-3-2-4-16(18)9-13)17(20)10-15-8-12-5-6-14(15)7-12/h2-4,9,12,14-15H,5-8,10-11H2,1H3. The van der Waals surface area contributed by atoms with Gasteiger partial charge in [-0.25, -0.2) is 0 Å². The Morgan fingerprint density at radius 2 is 2.20 bits per heavy atom. The lowest BCUT2D eigenvalue weighted by molar-refractivity contribution is -0.131. The second kappa shape index (κ2) is 5.77. The highest BCUT2D eigenvalue weighted by Crippen LogP contribution is 2.49. The van der Waals surface area contributed by atoms with Crippen LogP contribution in [0.5, 0.6) is 0 Å². The Kier molecular flexibility index (Phi) is 4.02. The predicted octanol–water partition coefficient (Wildman–Crippen LogP) is 4.12. The number of nitrogens with zero attached hydrogens (tertiary/aromatic N) is 1. The van der Waals surface area contributed by atoms with Crippen LogP contribution >= 0.6 is 11.6 Å². The number of halogens is 1. The molecule has 2 fully saturated rings. The Morgan fingerprint density at radius 1 is 1.35 bits per heavy atom. The van der Waals surface area contributed by atoms with E-state index in [1.165, 1.54) is 25.7 Å². The Labute approximate surface area is 126 Å². The normalized spacial score (nSPS) is 27.8. The quantitative estimate of drug-likeness (QED) is 0.817. The number of carbonyl (C=O) groups excluding carboxylic acids is 1. The molecule has 1 aromatic carbocycles. The van der Waals surface area contributed by atoms with Crippen molar-refractivity contribution in [2.24, 2.45) is 17.8 Å². The van der Waals surface area contributed by atoms with Crippen LogP contribution in [-0.2, 0) is 11.3 Å². The molecule has 0 N–H and O–H groups in total. The first kappa shape index (κ1) is 13.9. The van der Waals surface area contributed by atoms with Crippen LogP contribution in [0.15, 0.2) is 24.3 Å². The van der Waals surface area contributed by atoms with Gasteiger partial charge in [0, 0.05) is 25.0 Å². The molecule has 0 heterocycles. The Hall–Kier alpha value is -1.02. The second-order valence-electron chi connectivity index (χ2n) is 6.52. The van der Waals surface area contributed by atoms with Gasteiger partial charge in [-0.05, 0) is 54.7 Å². The van der Waals surface area contributed by atoms with Gasteiger partial charge in [-0.15, -0.1) is 0 Å². The molecule has 1 aromatic rings. The maximum Gasteiger partial charge on any atom is 0.222 e. The van der Waals surface area contributed by atoms with Crippen LogP contribution in [0.25, 0.3) is 0 Å². The topological polar surface area (TPSA) is 20.3 Å². The molecule has 2 aliphatic rings. The van der Waals surface area contributed by atoms with Gasteiger partial charge in [-0.3, -0.25) is 4.79 Å². The van der Waals surface area contributed by atoms with Crippen molar-refractivity contribution >= 4 is 17.5 Å². The van der Waals surface area contributed by atoms with Crippen LogP contribution in [0.3, 0.4) is 0 Å². The van der Waals surface area contributed by atoms with E-state index in [0.29, 0.717) is 12.5 Å². The molecular formula is C17H22ClNO. The van der Waals surface area contributed by atoms with E-state index in [0.717, 1.165) is 28.8 Å². The summed E-state index contributed by atoms with van der Waals surface area (Å²) >= 11 is 5.98. The maximum atomic E-state index is 12.4. The zero-order valence-electron chi connectivity index (χ0n) is 12.0. The van der Waals surface area contributed by atoms with E-state index in [1.807, 2.05) is 36.2 Å². The van der Waals surface area contributed by atoms with Gasteiger partial charge >= 0.3 is 0 Å². The molecular weight excluding hydrogens is 270 g/mol. The molecule has 20 heavy (non-hydrogen) atoms. The van der Waals surface area contributed by atoms with Gasteiger partial charge in [0.05, 0.1) is 0 Å². The van der Waals surface area contributed by atoms with E-state index >= 15 is 0 Å². The van der Waals surface area contributed by atoms with Crippen LogP contribution < -0.4 is 0 Å². The summed E-state index contributed by atoms with van der Waals surface area (Å²) in [6.07, 6.45) is 6.13. The molecule has 2 aliphatic carbocycles. The lowest BCUT2D eigenvalue weighted by Gasteiger charge is -2.24. The van der Waals surface area contributed by atoms with Crippen molar-refractivity contribution in [2.75, 3.05) is 7.05 Å². The van der Waals surface area contributed by atoms with E-state index in [9.17, 15) is 4.79 Å². The van der Waals surface area contributed by atoms with E-state index in [-0.39, 0.29) is 5.91 Å². The molecule has 0 aromatic heterocycles. The minimum Gasteiger partial charge on any atom is -0.341 e. The van der Waals surface area contributed by atoms with E-state index < -0.39 is 0 Å². The summed E-state index contributed by atoms with van der Waals surface area (Å²) in [6.45, 7) is 0.653. The van der Waals surface area contributed by atoms with Crippen molar-refractivity contribution in [3.63, 3.8) is 0 Å². The summed E-state index contributed by atoms with van der Waals surface area (Å²) in [7, 11) is 1.90. The Balaban J connectivity index is 1.54. The van der Waals surface area contributed by atoms with Gasteiger partial charge in [-0.2, -0.15) is 0 Å². The summed E-state index contributed by atoms with van der Waals surface area (Å²) in [5, 5.41) is 0.733. The minimum atomic E-state index is 0.280. The minimum absolute atomic E-state index is 0.280. The van der Waals surface area contributed by atoms with Crippen molar-refractivity contribution in [1.82, 2.24) is 4.90 Å². The second-order valence-corrected chi connectivity index (χ2v) is 6.96. The average Bonchev–Trinajstić information content (AvgIpc) is 3.01. The number of rotatable bonds is 4. The first-order chi connectivity index (χ1) is 9.61. The summed E-state index contributed by atoms with van der Waals surface area (Å²) in [5.41, 5.74) is 1.10. The van der Waals surface area contributed by atoms with Crippen LogP contribution in [0.1, 0.15) is 37.7 Å². The van der Waals surface area contributed by atoms with Gasteiger partial charge in [0.2, 0.25) is 5.91 Å². The molecule has 2 saturated carbocycles. The fourth-order valence-corrected chi connectivity index (χ4v) is 4.22. The summed E-state index contributed by atoms with van der Waals surface area (Å²) < 4.78 is 0. The smallest absolute Gasteiger partial charge is 0.222 e. The lowest BCUT2D eigenvalue weighted by atomic mass is 9.86. The van der Waals surface area contributed by atoms with Crippen LogP contribution in [0, 0.1) is 17.8 Å². The fourth-order valence-electron chi connectivity index (χ4n) is 4.00. The van der Waals surface area contributed by atoms with Crippen LogP contribution in [0.4, 0.5) is 0 Å². The van der Waals surface area contributed by atoms with Gasteiger partial charge in [-0.1, -0.05) is 30.2 Å². The first-order valence-electron chi connectivity index (χ1n) is 7.60. The zero-order valence-corrected chi connectivity index (χ0v) is 12.8. The number of fused-ring (bicyclic) bond motifs is 2. The Bertz CT molecular complexity index is 502. The van der Waals surface area contributed by atoms with E-state index in [2.05, 4.69) is 0 Å². The maximum absolute atomic E-state index is 12.4. The van der Waals surface area contributed by atoms with Gasteiger partial charge in [0.25, 0.3) is 0 Å². The molecule has 0 saturated heterocycles.